The first-order valence-corrected chi connectivity index (χ1v) is 11.2. The van der Waals surface area contributed by atoms with E-state index in [1.54, 1.807) is 24.3 Å². The summed E-state index contributed by atoms with van der Waals surface area (Å²) in [6.45, 7) is 2.55. The Kier molecular flexibility index (Phi) is 6.30. The molecule has 1 aromatic heterocycles. The molecule has 0 atom stereocenters. The molecule has 0 bridgehead atoms. The predicted octanol–water partition coefficient (Wildman–Crippen LogP) is 1.82. The number of ether oxygens (including phenoxy) is 1. The molecule has 2 aromatic rings. The van der Waals surface area contributed by atoms with Gasteiger partial charge in [-0.2, -0.15) is 0 Å². The third-order valence-electron chi connectivity index (χ3n) is 4.17. The van der Waals surface area contributed by atoms with Crippen molar-refractivity contribution in [3.63, 3.8) is 0 Å². The van der Waals surface area contributed by atoms with Crippen molar-refractivity contribution in [1.82, 2.24) is 9.88 Å². The van der Waals surface area contributed by atoms with Gasteiger partial charge in [0.15, 0.2) is 5.13 Å². The van der Waals surface area contributed by atoms with E-state index in [1.807, 2.05) is 0 Å². The van der Waals surface area contributed by atoms with Crippen LogP contribution in [0.15, 0.2) is 35.4 Å². The van der Waals surface area contributed by atoms with Gasteiger partial charge in [0, 0.05) is 11.1 Å². The van der Waals surface area contributed by atoms with Gasteiger partial charge in [-0.15, -0.1) is 11.3 Å². The first-order chi connectivity index (χ1) is 13.4. The van der Waals surface area contributed by atoms with E-state index in [2.05, 4.69) is 16.6 Å². The monoisotopic (exact) mass is 423 g/mol. The first kappa shape index (κ1) is 20.3. The van der Waals surface area contributed by atoms with Gasteiger partial charge < -0.3 is 9.64 Å². The van der Waals surface area contributed by atoms with Gasteiger partial charge in [0.1, 0.15) is 13.2 Å². The number of aromatic nitrogens is 1. The summed E-state index contributed by atoms with van der Waals surface area (Å²) in [6.07, 6.45) is 3.40. The van der Waals surface area contributed by atoms with Crippen LogP contribution in [0, 0.1) is 0 Å². The number of rotatable bonds is 7. The lowest BCUT2D eigenvalue weighted by atomic mass is 10.1. The van der Waals surface area contributed by atoms with Crippen LogP contribution < -0.4 is 4.72 Å². The number of carbonyl (C=O) groups is 2. The van der Waals surface area contributed by atoms with Gasteiger partial charge in [0.25, 0.3) is 10.0 Å². The lowest BCUT2D eigenvalue weighted by molar-refractivity contribution is -0.156. The van der Waals surface area contributed by atoms with E-state index in [1.165, 1.54) is 11.1 Å². The van der Waals surface area contributed by atoms with Crippen LogP contribution >= 0.6 is 11.3 Å². The number of nitrogens with one attached hydrogen (secondary N) is 1. The maximum Gasteiger partial charge on any atom is 0.325 e. The molecule has 0 saturated carbocycles. The van der Waals surface area contributed by atoms with Gasteiger partial charge in [0.05, 0.1) is 17.9 Å². The average Bonchev–Trinajstić information content (AvgIpc) is 3.08. The van der Waals surface area contributed by atoms with E-state index in [0.717, 1.165) is 29.7 Å². The van der Waals surface area contributed by atoms with Crippen LogP contribution in [0.25, 0.3) is 0 Å². The maximum atomic E-state index is 12.5. The third kappa shape index (κ3) is 5.08. The standard InChI is InChI=1S/C18H21N3O5S2/c1-2-3-13-4-6-15(7-5-13)28(24,25)20-18-19-11-14(27-18)10-16(22)21-8-9-26-17(23)12-21/h4-7,11H,2-3,8-10,12H2,1H3,(H,19,20). The molecule has 1 aliphatic heterocycles. The van der Waals surface area contributed by atoms with Crippen LogP contribution in [-0.4, -0.2) is 49.9 Å². The highest BCUT2D eigenvalue weighted by Gasteiger charge is 2.23. The summed E-state index contributed by atoms with van der Waals surface area (Å²) in [5.41, 5.74) is 1.08. The molecule has 1 N–H and O–H groups in total. The summed E-state index contributed by atoms with van der Waals surface area (Å²) < 4.78 is 32.3. The summed E-state index contributed by atoms with van der Waals surface area (Å²) in [7, 11) is -3.75. The van der Waals surface area contributed by atoms with Crippen LogP contribution in [0.1, 0.15) is 23.8 Å². The number of benzene rings is 1. The van der Waals surface area contributed by atoms with E-state index in [0.29, 0.717) is 11.4 Å². The number of cyclic esters (lactones) is 1. The van der Waals surface area contributed by atoms with Gasteiger partial charge in [-0.3, -0.25) is 14.3 Å². The molecule has 28 heavy (non-hydrogen) atoms. The molecule has 0 spiro atoms. The third-order valence-corrected chi connectivity index (χ3v) is 6.57. The highest BCUT2D eigenvalue weighted by Crippen LogP contribution is 2.23. The Morgan fingerprint density at radius 1 is 1.32 bits per heavy atom. The van der Waals surface area contributed by atoms with Crippen molar-refractivity contribution in [3.05, 3.63) is 40.9 Å². The van der Waals surface area contributed by atoms with Crippen molar-refractivity contribution in [3.8, 4) is 0 Å². The Balaban J connectivity index is 1.63. The van der Waals surface area contributed by atoms with Crippen LogP contribution in [0.5, 0.6) is 0 Å². The maximum absolute atomic E-state index is 12.5. The van der Waals surface area contributed by atoms with Crippen LogP contribution in [0.4, 0.5) is 5.13 Å². The van der Waals surface area contributed by atoms with Gasteiger partial charge >= 0.3 is 5.97 Å². The summed E-state index contributed by atoms with van der Waals surface area (Å²) >= 11 is 1.09. The number of hydrogen-bond acceptors (Lipinski definition) is 7. The van der Waals surface area contributed by atoms with Gasteiger partial charge in [-0.05, 0) is 24.1 Å². The zero-order chi connectivity index (χ0) is 20.1. The lowest BCUT2D eigenvalue weighted by Crippen LogP contribution is -2.44. The van der Waals surface area contributed by atoms with Crippen LogP contribution in [0.2, 0.25) is 0 Å². The molecule has 0 unspecified atom stereocenters. The smallest absolute Gasteiger partial charge is 0.325 e. The first-order valence-electron chi connectivity index (χ1n) is 8.87. The molecule has 1 aliphatic rings. The molecule has 1 aromatic carbocycles. The van der Waals surface area contributed by atoms with Crippen molar-refractivity contribution in [1.29, 1.82) is 0 Å². The van der Waals surface area contributed by atoms with Crippen molar-refractivity contribution < 1.29 is 22.7 Å². The van der Waals surface area contributed by atoms with E-state index in [-0.39, 0.29) is 35.5 Å². The number of amides is 1. The number of sulfonamides is 1. The predicted molar refractivity (Wildman–Crippen MR) is 105 cm³/mol. The van der Waals surface area contributed by atoms with E-state index in [4.69, 9.17) is 4.74 Å². The zero-order valence-corrected chi connectivity index (χ0v) is 17.0. The average molecular weight is 424 g/mol. The second kappa shape index (κ2) is 8.70. The molecule has 10 heteroatoms. The Hall–Kier alpha value is -2.46. The highest BCUT2D eigenvalue weighted by molar-refractivity contribution is 7.93. The molecule has 8 nitrogen and oxygen atoms in total. The number of carbonyl (C=O) groups excluding carboxylic acids is 2. The fourth-order valence-corrected chi connectivity index (χ4v) is 4.80. The van der Waals surface area contributed by atoms with E-state index >= 15 is 0 Å². The minimum atomic E-state index is -3.75. The molecule has 2 heterocycles. The molecule has 0 aliphatic carbocycles. The number of morpholine rings is 1. The van der Waals surface area contributed by atoms with Crippen molar-refractivity contribution in [2.24, 2.45) is 0 Å². The topological polar surface area (TPSA) is 106 Å². The van der Waals surface area contributed by atoms with Gasteiger partial charge in [-0.25, -0.2) is 13.4 Å². The van der Waals surface area contributed by atoms with E-state index < -0.39 is 16.0 Å². The summed E-state index contributed by atoms with van der Waals surface area (Å²) in [4.78, 5) is 29.8. The number of aryl methyl sites for hydroxylation is 1. The largest absolute Gasteiger partial charge is 0.462 e. The fourth-order valence-electron chi connectivity index (χ4n) is 2.76. The molecule has 1 amide bonds. The van der Waals surface area contributed by atoms with Crippen molar-refractivity contribution >= 4 is 38.4 Å². The van der Waals surface area contributed by atoms with E-state index in [9.17, 15) is 18.0 Å². The Bertz CT molecular complexity index is 954. The highest BCUT2D eigenvalue weighted by atomic mass is 32.2. The number of esters is 1. The zero-order valence-electron chi connectivity index (χ0n) is 15.4. The molecule has 3 rings (SSSR count). The fraction of sp³-hybridized carbons (Fsp3) is 0.389. The molecule has 0 radical (unpaired) electrons. The second-order valence-electron chi connectivity index (χ2n) is 6.34. The number of hydrogen-bond donors (Lipinski definition) is 1. The number of thiazole rings is 1. The van der Waals surface area contributed by atoms with Gasteiger partial charge in [0.2, 0.25) is 5.91 Å². The Morgan fingerprint density at radius 3 is 2.75 bits per heavy atom. The molecule has 1 saturated heterocycles. The van der Waals surface area contributed by atoms with Crippen LogP contribution in [0.3, 0.4) is 0 Å². The summed E-state index contributed by atoms with van der Waals surface area (Å²) in [5, 5.41) is 0.193. The molecular formula is C18H21N3O5S2. The lowest BCUT2D eigenvalue weighted by Gasteiger charge is -2.25. The van der Waals surface area contributed by atoms with Crippen LogP contribution in [-0.2, 0) is 37.2 Å². The SMILES string of the molecule is CCCc1ccc(S(=O)(=O)Nc2ncc(CC(=O)N3CCOC(=O)C3)s2)cc1. The summed E-state index contributed by atoms with van der Waals surface area (Å²) in [6, 6.07) is 6.74. The van der Waals surface area contributed by atoms with Crippen molar-refractivity contribution in [2.45, 2.75) is 31.1 Å². The number of nitrogens with zero attached hydrogens (tertiary/aromatic N) is 2. The Morgan fingerprint density at radius 2 is 2.07 bits per heavy atom. The molecule has 150 valence electrons. The normalized spacial score (nSPS) is 14.6. The number of anilines is 1. The second-order valence-corrected chi connectivity index (χ2v) is 9.14. The quantitative estimate of drug-likeness (QED) is 0.681. The molecular weight excluding hydrogens is 402 g/mol. The molecule has 1 fully saturated rings. The minimum Gasteiger partial charge on any atom is -0.462 e. The Labute approximate surface area is 167 Å². The van der Waals surface area contributed by atoms with Gasteiger partial charge in [-0.1, -0.05) is 25.5 Å². The minimum absolute atomic E-state index is 0.0540. The van der Waals surface area contributed by atoms with Crippen molar-refractivity contribution in [2.75, 3.05) is 24.4 Å². The summed E-state index contributed by atoms with van der Waals surface area (Å²) in [5.74, 6) is -0.650.